The zero-order valence-electron chi connectivity index (χ0n) is 10.5. The number of aromatic nitrogens is 2. The fourth-order valence-corrected chi connectivity index (χ4v) is 2.63. The first-order chi connectivity index (χ1) is 9.31. The van der Waals surface area contributed by atoms with E-state index in [0.29, 0.717) is 0 Å². The van der Waals surface area contributed by atoms with Gasteiger partial charge in [0.15, 0.2) is 5.78 Å². The number of aliphatic hydroxyl groups excluding tert-OH is 2. The average Bonchev–Trinajstić information content (AvgIpc) is 2.72. The molecule has 110 valence electrons. The van der Waals surface area contributed by atoms with Crippen LogP contribution in [-0.2, 0) is 15.3 Å². The number of ether oxygens (including phenoxy) is 1. The molecule has 0 aromatic carbocycles. The van der Waals surface area contributed by atoms with Crippen LogP contribution in [0.1, 0.15) is 13.3 Å². The Morgan fingerprint density at radius 3 is 2.80 bits per heavy atom. The lowest BCUT2D eigenvalue weighted by Crippen LogP contribution is -2.49. The standard InChI is InChI=1S/C11H13IN2O6/c1-5(16)11(2-7(17)8(4-15)20-11)14-3-6(12)9(18)13-10(14)19/h3,7-8,15,17H,2,4H2,1H3,(H,13,18,19)/t7-,8+,11-/m0/s1. The third-order valence-corrected chi connectivity index (χ3v) is 4.05. The maximum Gasteiger partial charge on any atom is 0.331 e. The number of carbonyl (C=O) groups is 1. The lowest BCUT2D eigenvalue weighted by Gasteiger charge is -2.28. The van der Waals surface area contributed by atoms with Gasteiger partial charge in [0.1, 0.15) is 6.10 Å². The summed E-state index contributed by atoms with van der Waals surface area (Å²) < 4.78 is 6.58. The van der Waals surface area contributed by atoms with Crippen LogP contribution in [0.2, 0.25) is 0 Å². The van der Waals surface area contributed by atoms with E-state index in [2.05, 4.69) is 4.98 Å². The Kier molecular flexibility index (Phi) is 4.14. The topological polar surface area (TPSA) is 122 Å². The van der Waals surface area contributed by atoms with Gasteiger partial charge in [0, 0.05) is 12.6 Å². The highest BCUT2D eigenvalue weighted by Gasteiger charge is 2.51. The van der Waals surface area contributed by atoms with Gasteiger partial charge in [0.05, 0.1) is 16.3 Å². The Balaban J connectivity index is 2.62. The van der Waals surface area contributed by atoms with Crippen molar-refractivity contribution in [2.45, 2.75) is 31.3 Å². The number of hydrogen-bond donors (Lipinski definition) is 3. The van der Waals surface area contributed by atoms with Crippen molar-refractivity contribution in [2.75, 3.05) is 6.61 Å². The van der Waals surface area contributed by atoms with Crippen molar-refractivity contribution < 1.29 is 19.7 Å². The molecule has 2 heterocycles. The summed E-state index contributed by atoms with van der Waals surface area (Å²) in [5.74, 6) is -0.502. The van der Waals surface area contributed by atoms with Crippen LogP contribution >= 0.6 is 22.6 Å². The largest absolute Gasteiger partial charge is 0.394 e. The summed E-state index contributed by atoms with van der Waals surface area (Å²) in [7, 11) is 0. The van der Waals surface area contributed by atoms with E-state index in [1.54, 1.807) is 22.6 Å². The van der Waals surface area contributed by atoms with E-state index < -0.39 is 41.6 Å². The SMILES string of the molecule is CC(=O)[C@]1(n2cc(I)c(=O)[nH]c2=O)C[C@H](O)[C@@H](CO)O1. The molecule has 0 aliphatic carbocycles. The Hall–Kier alpha value is -1.04. The molecule has 2 rings (SSSR count). The van der Waals surface area contributed by atoms with Gasteiger partial charge in [-0.1, -0.05) is 0 Å². The van der Waals surface area contributed by atoms with E-state index in [9.17, 15) is 19.5 Å². The summed E-state index contributed by atoms with van der Waals surface area (Å²) in [6, 6.07) is 0. The highest BCUT2D eigenvalue weighted by Crippen LogP contribution is 2.35. The molecule has 0 unspecified atom stereocenters. The summed E-state index contributed by atoms with van der Waals surface area (Å²) in [4.78, 5) is 37.3. The zero-order valence-corrected chi connectivity index (χ0v) is 12.7. The molecule has 20 heavy (non-hydrogen) atoms. The molecule has 1 aliphatic heterocycles. The second-order valence-electron chi connectivity index (χ2n) is 4.56. The molecule has 1 aromatic heterocycles. The van der Waals surface area contributed by atoms with Gasteiger partial charge >= 0.3 is 5.69 Å². The van der Waals surface area contributed by atoms with E-state index in [1.165, 1.54) is 13.1 Å². The number of rotatable bonds is 3. The predicted octanol–water partition coefficient (Wildman–Crippen LogP) is -1.47. The van der Waals surface area contributed by atoms with Gasteiger partial charge in [-0.3, -0.25) is 19.1 Å². The zero-order chi connectivity index (χ0) is 15.1. The molecule has 3 atom stereocenters. The van der Waals surface area contributed by atoms with Crippen LogP contribution in [0, 0.1) is 3.57 Å². The molecule has 1 fully saturated rings. The Morgan fingerprint density at radius 1 is 1.65 bits per heavy atom. The van der Waals surface area contributed by atoms with Gasteiger partial charge in [-0.2, -0.15) is 0 Å². The first-order valence-electron chi connectivity index (χ1n) is 5.81. The lowest BCUT2D eigenvalue weighted by molar-refractivity contribution is -0.160. The smallest absolute Gasteiger partial charge is 0.331 e. The van der Waals surface area contributed by atoms with Crippen molar-refractivity contribution in [3.63, 3.8) is 0 Å². The number of aliphatic hydroxyl groups is 2. The van der Waals surface area contributed by atoms with Crippen molar-refractivity contribution in [1.82, 2.24) is 9.55 Å². The van der Waals surface area contributed by atoms with Gasteiger partial charge in [-0.15, -0.1) is 0 Å². The number of hydrogen-bond acceptors (Lipinski definition) is 6. The fraction of sp³-hybridized carbons (Fsp3) is 0.545. The molecule has 0 radical (unpaired) electrons. The van der Waals surface area contributed by atoms with Crippen molar-refractivity contribution in [3.8, 4) is 0 Å². The second kappa shape index (κ2) is 5.39. The molecule has 0 amide bonds. The second-order valence-corrected chi connectivity index (χ2v) is 5.72. The normalized spacial score (nSPS) is 29.6. The minimum Gasteiger partial charge on any atom is -0.394 e. The van der Waals surface area contributed by atoms with Gasteiger partial charge in [0.2, 0.25) is 5.72 Å². The van der Waals surface area contributed by atoms with E-state index in [-0.39, 0.29) is 9.99 Å². The molecule has 3 N–H and O–H groups in total. The van der Waals surface area contributed by atoms with Gasteiger partial charge in [-0.05, 0) is 29.5 Å². The predicted molar refractivity (Wildman–Crippen MR) is 75.3 cm³/mol. The number of aromatic amines is 1. The Morgan fingerprint density at radius 2 is 2.30 bits per heavy atom. The van der Waals surface area contributed by atoms with Crippen LogP contribution in [-0.4, -0.2) is 44.4 Å². The minimum atomic E-state index is -1.71. The van der Waals surface area contributed by atoms with Crippen molar-refractivity contribution in [3.05, 3.63) is 30.6 Å². The first kappa shape index (κ1) is 15.4. The molecule has 0 saturated carbocycles. The van der Waals surface area contributed by atoms with Crippen LogP contribution in [0.25, 0.3) is 0 Å². The first-order valence-corrected chi connectivity index (χ1v) is 6.89. The molecule has 0 spiro atoms. The van der Waals surface area contributed by atoms with E-state index in [1.807, 2.05) is 0 Å². The highest BCUT2D eigenvalue weighted by atomic mass is 127. The molecule has 1 saturated heterocycles. The number of carbonyl (C=O) groups excluding carboxylic acids is 1. The van der Waals surface area contributed by atoms with Crippen molar-refractivity contribution in [2.24, 2.45) is 0 Å². The van der Waals surface area contributed by atoms with Crippen LogP contribution in [0.5, 0.6) is 0 Å². The quantitative estimate of drug-likeness (QED) is 0.537. The molecule has 0 bridgehead atoms. The molecular formula is C11H13IN2O6. The van der Waals surface area contributed by atoms with Crippen LogP contribution in [0.4, 0.5) is 0 Å². The summed E-state index contributed by atoms with van der Waals surface area (Å²) >= 11 is 1.72. The molecule has 1 aromatic rings. The van der Waals surface area contributed by atoms with Gasteiger partial charge in [0.25, 0.3) is 5.56 Å². The fourth-order valence-electron chi connectivity index (χ4n) is 2.22. The van der Waals surface area contributed by atoms with Crippen LogP contribution < -0.4 is 11.2 Å². The van der Waals surface area contributed by atoms with Gasteiger partial charge in [-0.25, -0.2) is 4.79 Å². The molecule has 1 aliphatic rings. The Bertz CT molecular complexity index is 653. The number of nitrogens with zero attached hydrogens (tertiary/aromatic N) is 1. The van der Waals surface area contributed by atoms with E-state index in [4.69, 9.17) is 9.84 Å². The number of H-pyrrole nitrogens is 1. The molecular weight excluding hydrogens is 383 g/mol. The van der Waals surface area contributed by atoms with Crippen LogP contribution in [0.15, 0.2) is 15.8 Å². The molecule has 9 heteroatoms. The van der Waals surface area contributed by atoms with E-state index >= 15 is 0 Å². The monoisotopic (exact) mass is 396 g/mol. The minimum absolute atomic E-state index is 0.171. The summed E-state index contributed by atoms with van der Waals surface area (Å²) in [5.41, 5.74) is -3.09. The summed E-state index contributed by atoms with van der Waals surface area (Å²) in [6.07, 6.45) is -1.01. The number of halogens is 1. The summed E-state index contributed by atoms with van der Waals surface area (Å²) in [5, 5.41) is 18.9. The maximum absolute atomic E-state index is 12.0. The van der Waals surface area contributed by atoms with Gasteiger partial charge < -0.3 is 14.9 Å². The third-order valence-electron chi connectivity index (χ3n) is 3.28. The molecule has 8 nitrogen and oxygen atoms in total. The van der Waals surface area contributed by atoms with Crippen molar-refractivity contribution in [1.29, 1.82) is 0 Å². The average molecular weight is 396 g/mol. The summed E-state index contributed by atoms with van der Waals surface area (Å²) in [6.45, 7) is 0.738. The van der Waals surface area contributed by atoms with Crippen molar-refractivity contribution >= 4 is 28.4 Å². The number of Topliss-reactive ketones (excluding diaryl/α,β-unsaturated/α-hetero) is 1. The lowest BCUT2D eigenvalue weighted by atomic mass is 10.0. The highest BCUT2D eigenvalue weighted by molar-refractivity contribution is 14.1. The maximum atomic E-state index is 12.0. The Labute approximate surface area is 126 Å². The third kappa shape index (κ3) is 2.34. The van der Waals surface area contributed by atoms with E-state index in [0.717, 1.165) is 4.57 Å². The van der Waals surface area contributed by atoms with Crippen LogP contribution in [0.3, 0.4) is 0 Å². The number of ketones is 1. The number of nitrogens with one attached hydrogen (secondary N) is 1.